The molecule has 9 heteroatoms. The second kappa shape index (κ2) is 9.78. The second-order valence-electron chi connectivity index (χ2n) is 6.29. The standard InChI is InChI=1S/C16H18FN5O3.C2H6.C2H2/c17-11-2-1-3-12(11)20-14-10(15(18)23)7-19-22-8-9(6-13(14)22)21-4-5-25-16(21)24;2*1-2/h6-8,11-12,20H,1-5H2,(H2,18,23);1-2H3;1-2H/t11-,12+;;/m0../s1. The van der Waals surface area contributed by atoms with Crippen molar-refractivity contribution in [2.45, 2.75) is 45.3 Å². The molecule has 3 heterocycles. The van der Waals surface area contributed by atoms with Gasteiger partial charge in [-0.25, -0.2) is 13.7 Å². The Balaban J connectivity index is 0.000000707. The van der Waals surface area contributed by atoms with Gasteiger partial charge in [0.25, 0.3) is 5.91 Å². The summed E-state index contributed by atoms with van der Waals surface area (Å²) in [7, 11) is 0. The highest BCUT2D eigenvalue weighted by Crippen LogP contribution is 2.32. The first-order valence-corrected chi connectivity index (χ1v) is 9.54. The Morgan fingerprint density at radius 3 is 2.66 bits per heavy atom. The smallest absolute Gasteiger partial charge is 0.414 e. The normalized spacial score (nSPS) is 20.3. The number of halogens is 1. The summed E-state index contributed by atoms with van der Waals surface area (Å²) in [4.78, 5) is 25.0. The molecule has 3 N–H and O–H groups in total. The Morgan fingerprint density at radius 2 is 2.10 bits per heavy atom. The third kappa shape index (κ3) is 4.42. The molecule has 2 amide bonds. The molecule has 8 nitrogen and oxygen atoms in total. The van der Waals surface area contributed by atoms with E-state index in [1.54, 1.807) is 12.3 Å². The minimum atomic E-state index is -0.975. The number of ether oxygens (including phenoxy) is 1. The number of nitrogens with one attached hydrogen (secondary N) is 1. The fraction of sp³-hybridized carbons (Fsp3) is 0.450. The third-order valence-corrected chi connectivity index (χ3v) is 4.72. The van der Waals surface area contributed by atoms with Crippen molar-refractivity contribution in [3.8, 4) is 12.8 Å². The minimum Gasteiger partial charge on any atom is -0.447 e. The van der Waals surface area contributed by atoms with Crippen LogP contribution >= 0.6 is 0 Å². The number of alkyl halides is 1. The van der Waals surface area contributed by atoms with E-state index in [1.807, 2.05) is 13.8 Å². The van der Waals surface area contributed by atoms with Crippen molar-refractivity contribution in [3.63, 3.8) is 0 Å². The lowest BCUT2D eigenvalue weighted by atomic mass is 10.1. The maximum absolute atomic E-state index is 14.0. The van der Waals surface area contributed by atoms with Crippen LogP contribution in [-0.2, 0) is 4.74 Å². The number of carbonyl (C=O) groups is 2. The molecule has 2 fully saturated rings. The zero-order chi connectivity index (χ0) is 21.6. The lowest BCUT2D eigenvalue weighted by Gasteiger charge is -2.19. The number of aromatic nitrogens is 2. The van der Waals surface area contributed by atoms with Gasteiger partial charge >= 0.3 is 6.09 Å². The van der Waals surface area contributed by atoms with Gasteiger partial charge in [0, 0.05) is 0 Å². The Morgan fingerprint density at radius 1 is 1.38 bits per heavy atom. The van der Waals surface area contributed by atoms with Crippen molar-refractivity contribution in [2.75, 3.05) is 23.4 Å². The maximum atomic E-state index is 14.0. The first-order chi connectivity index (χ1) is 14.0. The minimum absolute atomic E-state index is 0.195. The number of amides is 2. The number of cyclic esters (lactones) is 1. The van der Waals surface area contributed by atoms with Gasteiger partial charge in [-0.3, -0.25) is 9.69 Å². The van der Waals surface area contributed by atoms with Gasteiger partial charge in [-0.1, -0.05) is 13.8 Å². The highest BCUT2D eigenvalue weighted by atomic mass is 19.1. The Hall–Kier alpha value is -3.28. The molecule has 2 atom stereocenters. The van der Waals surface area contributed by atoms with Crippen LogP contribution in [0.1, 0.15) is 43.5 Å². The number of nitrogens with zero attached hydrogens (tertiary/aromatic N) is 3. The van der Waals surface area contributed by atoms with Crippen LogP contribution in [0.25, 0.3) is 5.52 Å². The molecule has 1 aliphatic heterocycles. The number of fused-ring (bicyclic) bond motifs is 1. The van der Waals surface area contributed by atoms with Crippen molar-refractivity contribution in [2.24, 2.45) is 5.73 Å². The summed E-state index contributed by atoms with van der Waals surface area (Å²) in [6, 6.07) is 1.34. The van der Waals surface area contributed by atoms with Gasteiger partial charge < -0.3 is 15.8 Å². The Kier molecular flexibility index (Phi) is 7.42. The van der Waals surface area contributed by atoms with Crippen molar-refractivity contribution in [3.05, 3.63) is 24.0 Å². The van der Waals surface area contributed by atoms with Gasteiger partial charge in [0.2, 0.25) is 0 Å². The van der Waals surface area contributed by atoms with Crippen LogP contribution in [0.4, 0.5) is 20.6 Å². The van der Waals surface area contributed by atoms with Crippen LogP contribution < -0.4 is 16.0 Å². The van der Waals surface area contributed by atoms with E-state index in [-0.39, 0.29) is 11.6 Å². The van der Waals surface area contributed by atoms with E-state index >= 15 is 0 Å². The first kappa shape index (κ1) is 22.0. The maximum Gasteiger partial charge on any atom is 0.414 e. The average molecular weight is 403 g/mol. The van der Waals surface area contributed by atoms with E-state index in [0.717, 1.165) is 6.42 Å². The summed E-state index contributed by atoms with van der Waals surface area (Å²) < 4.78 is 20.5. The summed E-state index contributed by atoms with van der Waals surface area (Å²) in [6.45, 7) is 4.76. The summed E-state index contributed by atoms with van der Waals surface area (Å²) in [5.74, 6) is -0.644. The monoisotopic (exact) mass is 403 g/mol. The number of anilines is 2. The van der Waals surface area contributed by atoms with Gasteiger partial charge in [0.05, 0.1) is 47.4 Å². The van der Waals surface area contributed by atoms with Crippen molar-refractivity contribution < 1.29 is 18.7 Å². The molecule has 2 aromatic rings. The van der Waals surface area contributed by atoms with E-state index in [4.69, 9.17) is 10.5 Å². The van der Waals surface area contributed by atoms with Crippen LogP contribution in [0.2, 0.25) is 0 Å². The summed E-state index contributed by atoms with van der Waals surface area (Å²) >= 11 is 0. The molecule has 156 valence electrons. The SMILES string of the molecule is C#C.CC.NC(=O)c1cnn2cc(N3CCOC3=O)cc2c1N[C@@H]1CCC[C@@H]1F. The average Bonchev–Trinajstić information content (AvgIpc) is 3.45. The van der Waals surface area contributed by atoms with Crippen molar-refractivity contribution >= 4 is 28.9 Å². The van der Waals surface area contributed by atoms with E-state index < -0.39 is 18.2 Å². The Labute approximate surface area is 169 Å². The van der Waals surface area contributed by atoms with Crippen LogP contribution in [0, 0.1) is 12.8 Å². The molecule has 0 unspecified atom stereocenters. The fourth-order valence-corrected chi connectivity index (χ4v) is 3.42. The van der Waals surface area contributed by atoms with E-state index in [0.29, 0.717) is 42.9 Å². The molecule has 2 aromatic heterocycles. The fourth-order valence-electron chi connectivity index (χ4n) is 3.42. The number of rotatable bonds is 4. The highest BCUT2D eigenvalue weighted by Gasteiger charge is 2.30. The quantitative estimate of drug-likeness (QED) is 0.764. The molecule has 0 radical (unpaired) electrons. The van der Waals surface area contributed by atoms with Crippen LogP contribution in [0.15, 0.2) is 18.5 Å². The number of hydrogen-bond donors (Lipinski definition) is 2. The Bertz CT molecular complexity index is 895. The number of nitrogens with two attached hydrogens (primary N) is 1. The molecule has 1 saturated carbocycles. The molecule has 0 aromatic carbocycles. The predicted molar refractivity (Wildman–Crippen MR) is 110 cm³/mol. The van der Waals surface area contributed by atoms with E-state index in [9.17, 15) is 14.0 Å². The van der Waals surface area contributed by atoms with Gasteiger partial charge in [-0.05, 0) is 25.3 Å². The second-order valence-corrected chi connectivity index (χ2v) is 6.29. The van der Waals surface area contributed by atoms with E-state index in [2.05, 4.69) is 23.3 Å². The zero-order valence-corrected chi connectivity index (χ0v) is 16.6. The third-order valence-electron chi connectivity index (χ3n) is 4.72. The van der Waals surface area contributed by atoms with Crippen LogP contribution in [0.3, 0.4) is 0 Å². The van der Waals surface area contributed by atoms with Gasteiger partial charge in [-0.2, -0.15) is 5.10 Å². The predicted octanol–water partition coefficient (Wildman–Crippen LogP) is 2.97. The van der Waals surface area contributed by atoms with Gasteiger partial charge in [0.1, 0.15) is 12.8 Å². The number of terminal acetylenes is 1. The molecule has 0 spiro atoms. The van der Waals surface area contributed by atoms with E-state index in [1.165, 1.54) is 15.6 Å². The molecule has 1 saturated heterocycles. The lowest BCUT2D eigenvalue weighted by molar-refractivity contribution is 0.100. The topological polar surface area (TPSA) is 102 Å². The summed E-state index contributed by atoms with van der Waals surface area (Å²) in [5.41, 5.74) is 7.25. The highest BCUT2D eigenvalue weighted by molar-refractivity contribution is 6.02. The van der Waals surface area contributed by atoms with Crippen molar-refractivity contribution in [1.29, 1.82) is 0 Å². The van der Waals surface area contributed by atoms with Crippen LogP contribution in [-0.4, -0.2) is 47.0 Å². The molecule has 2 aliphatic rings. The summed E-state index contributed by atoms with van der Waals surface area (Å²) in [6.07, 6.45) is 11.6. The molecule has 1 aliphatic carbocycles. The van der Waals surface area contributed by atoms with Gasteiger partial charge in [0.15, 0.2) is 0 Å². The molecule has 0 bridgehead atoms. The zero-order valence-electron chi connectivity index (χ0n) is 16.6. The van der Waals surface area contributed by atoms with Crippen LogP contribution in [0.5, 0.6) is 0 Å². The number of carbonyl (C=O) groups excluding carboxylic acids is 2. The van der Waals surface area contributed by atoms with Crippen molar-refractivity contribution in [1.82, 2.24) is 9.61 Å². The summed E-state index contributed by atoms with van der Waals surface area (Å²) in [5, 5.41) is 7.30. The largest absolute Gasteiger partial charge is 0.447 e. The molecule has 4 rings (SSSR count). The lowest BCUT2D eigenvalue weighted by Crippen LogP contribution is -2.27. The molecule has 29 heavy (non-hydrogen) atoms. The number of primary amides is 1. The molecular weight excluding hydrogens is 377 g/mol. The first-order valence-electron chi connectivity index (χ1n) is 9.54. The molecular formula is C20H26FN5O3. The number of hydrogen-bond acceptors (Lipinski definition) is 5. The van der Waals surface area contributed by atoms with Gasteiger partial charge in [-0.15, -0.1) is 12.8 Å².